The molecule has 0 aromatic heterocycles. The predicted octanol–water partition coefficient (Wildman–Crippen LogP) is 1.91. The van der Waals surface area contributed by atoms with Gasteiger partial charge in [-0.05, 0) is 12.1 Å². The summed E-state index contributed by atoms with van der Waals surface area (Å²) in [4.78, 5) is 24.1. The van der Waals surface area contributed by atoms with E-state index in [2.05, 4.69) is 10.1 Å². The van der Waals surface area contributed by atoms with Gasteiger partial charge in [-0.1, -0.05) is 12.1 Å². The highest BCUT2D eigenvalue weighted by molar-refractivity contribution is 7.99. The van der Waals surface area contributed by atoms with Crippen molar-refractivity contribution >= 4 is 29.3 Å². The molecule has 90 valence electrons. The first kappa shape index (κ1) is 12.0. The Hall–Kier alpha value is -1.49. The minimum absolute atomic E-state index is 0.118. The molecule has 0 radical (unpaired) electrons. The Labute approximate surface area is 104 Å². The van der Waals surface area contributed by atoms with Gasteiger partial charge in [0.25, 0.3) is 0 Å². The Morgan fingerprint density at radius 3 is 3.06 bits per heavy atom. The summed E-state index contributed by atoms with van der Waals surface area (Å²) in [6.45, 7) is 0. The predicted molar refractivity (Wildman–Crippen MR) is 65.9 cm³/mol. The third-order valence-corrected chi connectivity index (χ3v) is 3.83. The molecule has 1 aliphatic heterocycles. The summed E-state index contributed by atoms with van der Waals surface area (Å²) >= 11 is 1.58. The molecule has 0 aliphatic carbocycles. The second kappa shape index (κ2) is 5.23. The molecule has 1 aromatic rings. The van der Waals surface area contributed by atoms with Crippen molar-refractivity contribution in [3.63, 3.8) is 0 Å². The van der Waals surface area contributed by atoms with Crippen molar-refractivity contribution in [2.75, 3.05) is 18.2 Å². The van der Waals surface area contributed by atoms with Crippen LogP contribution in [-0.2, 0) is 14.3 Å². The standard InChI is InChI=1S/C12H13NO3S/c1-16-11(14)6-8-7-17-10-5-3-2-4-9(10)13-12(8)15/h2-5,8H,6-7H2,1H3,(H,13,15). The molecular formula is C12H13NO3S. The zero-order valence-electron chi connectivity index (χ0n) is 9.43. The smallest absolute Gasteiger partial charge is 0.306 e. The van der Waals surface area contributed by atoms with E-state index in [1.54, 1.807) is 11.8 Å². The molecule has 1 unspecified atom stereocenters. The Bertz CT molecular complexity index is 447. The molecule has 0 spiro atoms. The Kier molecular flexibility index (Phi) is 3.68. The number of methoxy groups -OCH3 is 1. The number of ether oxygens (including phenoxy) is 1. The average Bonchev–Trinajstić information content (AvgIpc) is 2.49. The molecule has 17 heavy (non-hydrogen) atoms. The fourth-order valence-corrected chi connectivity index (χ4v) is 2.73. The molecule has 0 saturated carbocycles. The lowest BCUT2D eigenvalue weighted by Gasteiger charge is -2.10. The summed E-state index contributed by atoms with van der Waals surface area (Å²) in [7, 11) is 1.33. The first-order chi connectivity index (χ1) is 8.20. The molecule has 1 aromatic carbocycles. The fraction of sp³-hybridized carbons (Fsp3) is 0.333. The van der Waals surface area contributed by atoms with Crippen LogP contribution in [-0.4, -0.2) is 24.7 Å². The van der Waals surface area contributed by atoms with Crippen LogP contribution in [0.1, 0.15) is 6.42 Å². The van der Waals surface area contributed by atoms with Crippen molar-refractivity contribution in [1.29, 1.82) is 0 Å². The van der Waals surface area contributed by atoms with Crippen LogP contribution in [0.15, 0.2) is 29.2 Å². The lowest BCUT2D eigenvalue weighted by molar-refractivity contribution is -0.143. The lowest BCUT2D eigenvalue weighted by atomic mass is 10.1. The molecule has 0 saturated heterocycles. The molecule has 1 atom stereocenters. The fourth-order valence-electron chi connectivity index (χ4n) is 1.63. The maximum Gasteiger partial charge on any atom is 0.306 e. The number of rotatable bonds is 2. The van der Waals surface area contributed by atoms with Gasteiger partial charge in [0.2, 0.25) is 5.91 Å². The van der Waals surface area contributed by atoms with Crippen molar-refractivity contribution < 1.29 is 14.3 Å². The average molecular weight is 251 g/mol. The first-order valence-electron chi connectivity index (χ1n) is 5.30. The molecule has 4 nitrogen and oxygen atoms in total. The zero-order chi connectivity index (χ0) is 12.3. The maximum absolute atomic E-state index is 11.9. The van der Waals surface area contributed by atoms with E-state index in [1.165, 1.54) is 7.11 Å². The molecule has 0 bridgehead atoms. The molecule has 1 heterocycles. The van der Waals surface area contributed by atoms with Crippen LogP contribution < -0.4 is 5.32 Å². The van der Waals surface area contributed by atoms with Gasteiger partial charge in [-0.25, -0.2) is 0 Å². The van der Waals surface area contributed by atoms with E-state index in [1.807, 2.05) is 24.3 Å². The van der Waals surface area contributed by atoms with Crippen LogP contribution in [0.2, 0.25) is 0 Å². The maximum atomic E-state index is 11.9. The number of amides is 1. The minimum atomic E-state index is -0.350. The zero-order valence-corrected chi connectivity index (χ0v) is 10.3. The van der Waals surface area contributed by atoms with Gasteiger partial charge in [-0.2, -0.15) is 0 Å². The Balaban J connectivity index is 2.12. The van der Waals surface area contributed by atoms with Gasteiger partial charge in [-0.15, -0.1) is 11.8 Å². The van der Waals surface area contributed by atoms with Gasteiger partial charge in [0, 0.05) is 10.6 Å². The molecule has 1 aliphatic rings. The number of thioether (sulfide) groups is 1. The molecule has 2 rings (SSSR count). The first-order valence-corrected chi connectivity index (χ1v) is 6.29. The second-order valence-electron chi connectivity index (χ2n) is 3.77. The number of anilines is 1. The van der Waals surface area contributed by atoms with E-state index in [9.17, 15) is 9.59 Å². The van der Waals surface area contributed by atoms with Crippen molar-refractivity contribution in [2.45, 2.75) is 11.3 Å². The van der Waals surface area contributed by atoms with Gasteiger partial charge in [-0.3, -0.25) is 9.59 Å². The topological polar surface area (TPSA) is 55.4 Å². The van der Waals surface area contributed by atoms with Crippen LogP contribution in [0.4, 0.5) is 5.69 Å². The molecule has 1 N–H and O–H groups in total. The number of fused-ring (bicyclic) bond motifs is 1. The monoisotopic (exact) mass is 251 g/mol. The number of para-hydroxylation sites is 1. The van der Waals surface area contributed by atoms with Crippen molar-refractivity contribution in [2.24, 2.45) is 5.92 Å². The number of nitrogens with one attached hydrogen (secondary N) is 1. The highest BCUT2D eigenvalue weighted by Gasteiger charge is 2.26. The summed E-state index contributed by atoms with van der Waals surface area (Å²) in [5.41, 5.74) is 0.815. The number of carbonyl (C=O) groups excluding carboxylic acids is 2. The van der Waals surface area contributed by atoms with Crippen molar-refractivity contribution in [1.82, 2.24) is 0 Å². The highest BCUT2D eigenvalue weighted by atomic mass is 32.2. The van der Waals surface area contributed by atoms with Gasteiger partial charge in [0.1, 0.15) is 0 Å². The summed E-state index contributed by atoms with van der Waals surface area (Å²) in [5, 5.41) is 2.83. The van der Waals surface area contributed by atoms with E-state index in [-0.39, 0.29) is 24.2 Å². The van der Waals surface area contributed by atoms with Gasteiger partial charge in [0.05, 0.1) is 25.1 Å². The molecule has 5 heteroatoms. The van der Waals surface area contributed by atoms with Crippen LogP contribution >= 0.6 is 11.8 Å². The van der Waals surface area contributed by atoms with Crippen molar-refractivity contribution in [3.05, 3.63) is 24.3 Å². The SMILES string of the molecule is COC(=O)CC1CSc2ccccc2NC1=O. The van der Waals surface area contributed by atoms with E-state index < -0.39 is 0 Å². The highest BCUT2D eigenvalue weighted by Crippen LogP contribution is 2.33. The van der Waals surface area contributed by atoms with E-state index in [0.29, 0.717) is 5.75 Å². The number of hydrogen-bond donors (Lipinski definition) is 1. The lowest BCUT2D eigenvalue weighted by Crippen LogP contribution is -2.26. The summed E-state index contributed by atoms with van der Waals surface area (Å²) < 4.78 is 4.59. The van der Waals surface area contributed by atoms with Gasteiger partial charge < -0.3 is 10.1 Å². The normalized spacial score (nSPS) is 18.9. The van der Waals surface area contributed by atoms with Crippen LogP contribution in [0.3, 0.4) is 0 Å². The minimum Gasteiger partial charge on any atom is -0.469 e. The van der Waals surface area contributed by atoms with Gasteiger partial charge >= 0.3 is 5.97 Å². The van der Waals surface area contributed by atoms with Crippen LogP contribution in [0.25, 0.3) is 0 Å². The third kappa shape index (κ3) is 2.79. The number of benzene rings is 1. The van der Waals surface area contributed by atoms with Crippen LogP contribution in [0, 0.1) is 5.92 Å². The quantitative estimate of drug-likeness (QED) is 0.816. The second-order valence-corrected chi connectivity index (χ2v) is 4.84. The van der Waals surface area contributed by atoms with Crippen LogP contribution in [0.5, 0.6) is 0 Å². The van der Waals surface area contributed by atoms with Crippen molar-refractivity contribution in [3.8, 4) is 0 Å². The Morgan fingerprint density at radius 2 is 2.29 bits per heavy atom. The largest absolute Gasteiger partial charge is 0.469 e. The summed E-state index contributed by atoms with van der Waals surface area (Å²) in [5.74, 6) is -0.206. The molecule has 1 amide bonds. The number of carbonyl (C=O) groups is 2. The third-order valence-electron chi connectivity index (χ3n) is 2.60. The van der Waals surface area contributed by atoms with Gasteiger partial charge in [0.15, 0.2) is 0 Å². The van der Waals surface area contributed by atoms with E-state index in [0.717, 1.165) is 10.6 Å². The van der Waals surface area contributed by atoms with E-state index >= 15 is 0 Å². The summed E-state index contributed by atoms with van der Waals surface area (Å²) in [6, 6.07) is 7.63. The molecular weight excluding hydrogens is 238 g/mol. The number of esters is 1. The summed E-state index contributed by atoms with van der Waals surface area (Å²) in [6.07, 6.45) is 0.128. The number of hydrogen-bond acceptors (Lipinski definition) is 4. The molecule has 0 fully saturated rings. The Morgan fingerprint density at radius 1 is 1.53 bits per heavy atom. The van der Waals surface area contributed by atoms with E-state index in [4.69, 9.17) is 0 Å².